The topological polar surface area (TPSA) is 78.2 Å². The molecular formula is C27H37NO3PPdS+. The minimum Gasteiger partial charge on any atom is -0.706 e. The van der Waals surface area contributed by atoms with Crippen LogP contribution in [0.1, 0.15) is 41.5 Å². The van der Waals surface area contributed by atoms with Gasteiger partial charge < -0.3 is 5.73 Å². The van der Waals surface area contributed by atoms with E-state index in [9.17, 15) is 8.42 Å². The van der Waals surface area contributed by atoms with Crippen molar-refractivity contribution in [3.63, 3.8) is 0 Å². The van der Waals surface area contributed by atoms with Crippen molar-refractivity contribution < 1.29 is 33.4 Å². The number of nitrogens with one attached hydrogen (secondary N) is 1. The Morgan fingerprint density at radius 3 is 1.65 bits per heavy atom. The SMILES string of the molecule is CC(C)(C)[PH+](c1ccccc1)C(C)(C)C.CS(=O)(=O)O.[NH-]c1ccccc1-c1[c-]cccc1.[Pd+2]. The maximum atomic E-state index is 9.19. The van der Waals surface area contributed by atoms with Gasteiger partial charge in [-0.3, -0.25) is 4.55 Å². The maximum absolute atomic E-state index is 9.19. The molecular weight excluding hydrogens is 556 g/mol. The Morgan fingerprint density at radius 2 is 1.24 bits per heavy atom. The van der Waals surface area contributed by atoms with Crippen molar-refractivity contribution in [2.45, 2.75) is 51.9 Å². The first kappa shape index (κ1) is 32.5. The summed E-state index contributed by atoms with van der Waals surface area (Å²) in [6.07, 6.45) is 0.715. The fraction of sp³-hybridized carbons (Fsp3) is 0.333. The molecule has 0 heterocycles. The first-order chi connectivity index (χ1) is 15.1. The Balaban J connectivity index is 0.000000526. The molecule has 0 atom stereocenters. The Labute approximate surface area is 221 Å². The second kappa shape index (κ2) is 14.1. The largest absolute Gasteiger partial charge is 2.00 e. The van der Waals surface area contributed by atoms with Crippen LogP contribution in [-0.2, 0) is 30.5 Å². The van der Waals surface area contributed by atoms with Gasteiger partial charge in [0.25, 0.3) is 10.1 Å². The van der Waals surface area contributed by atoms with Crippen LogP contribution in [0.5, 0.6) is 0 Å². The van der Waals surface area contributed by atoms with Gasteiger partial charge in [-0.05, 0) is 53.7 Å². The molecule has 0 unspecified atom stereocenters. The average molecular weight is 593 g/mol. The molecule has 3 aromatic carbocycles. The van der Waals surface area contributed by atoms with Crippen molar-refractivity contribution >= 4 is 29.0 Å². The fourth-order valence-corrected chi connectivity index (χ4v) is 8.38. The molecule has 7 heteroatoms. The molecule has 2 N–H and O–H groups in total. The molecule has 0 aliphatic rings. The predicted molar refractivity (Wildman–Crippen MR) is 146 cm³/mol. The van der Waals surface area contributed by atoms with Gasteiger partial charge in [0.05, 0.1) is 21.9 Å². The van der Waals surface area contributed by atoms with Gasteiger partial charge in [-0.25, -0.2) is 0 Å². The Hall–Kier alpha value is -1.54. The van der Waals surface area contributed by atoms with E-state index in [1.807, 2.05) is 42.5 Å². The van der Waals surface area contributed by atoms with Crippen LogP contribution in [0, 0.1) is 6.07 Å². The summed E-state index contributed by atoms with van der Waals surface area (Å²) >= 11 is 0. The maximum Gasteiger partial charge on any atom is 2.00 e. The van der Waals surface area contributed by atoms with Crippen LogP contribution in [-0.4, -0.2) is 29.5 Å². The molecule has 0 spiro atoms. The summed E-state index contributed by atoms with van der Waals surface area (Å²) in [5.41, 5.74) is 10.1. The molecule has 4 nitrogen and oxygen atoms in total. The first-order valence-corrected chi connectivity index (χ1v) is 14.1. The van der Waals surface area contributed by atoms with Gasteiger partial charge in [0.15, 0.2) is 0 Å². The fourth-order valence-electron chi connectivity index (χ4n) is 3.87. The number of hydrogen-bond acceptors (Lipinski definition) is 2. The van der Waals surface area contributed by atoms with Crippen LogP contribution < -0.4 is 5.30 Å². The van der Waals surface area contributed by atoms with Gasteiger partial charge in [-0.15, -0.1) is 41.5 Å². The van der Waals surface area contributed by atoms with E-state index in [1.54, 1.807) is 11.4 Å². The third-order valence-electron chi connectivity index (χ3n) is 4.49. The number of hydrogen-bond donors (Lipinski definition) is 1. The zero-order chi connectivity index (χ0) is 25.3. The molecule has 0 aliphatic carbocycles. The van der Waals surface area contributed by atoms with Crippen LogP contribution >= 0.6 is 7.92 Å². The molecule has 0 amide bonds. The van der Waals surface area contributed by atoms with Crippen molar-refractivity contribution in [3.05, 3.63) is 90.7 Å². The van der Waals surface area contributed by atoms with Crippen molar-refractivity contribution in [2.75, 3.05) is 6.26 Å². The van der Waals surface area contributed by atoms with Crippen LogP contribution in [0.25, 0.3) is 16.9 Å². The van der Waals surface area contributed by atoms with Gasteiger partial charge >= 0.3 is 20.4 Å². The van der Waals surface area contributed by atoms with Crippen molar-refractivity contribution in [1.29, 1.82) is 0 Å². The summed E-state index contributed by atoms with van der Waals surface area (Å²) in [4.78, 5) is 0. The van der Waals surface area contributed by atoms with Crippen LogP contribution in [0.4, 0.5) is 5.69 Å². The molecule has 0 fully saturated rings. The van der Waals surface area contributed by atoms with E-state index >= 15 is 0 Å². The van der Waals surface area contributed by atoms with Crippen LogP contribution in [0.2, 0.25) is 0 Å². The van der Waals surface area contributed by atoms with Crippen LogP contribution in [0.15, 0.2) is 78.9 Å². The molecule has 3 rings (SSSR count). The van der Waals surface area contributed by atoms with E-state index in [-0.39, 0.29) is 20.4 Å². The second-order valence-electron chi connectivity index (χ2n) is 9.80. The second-order valence-corrected chi connectivity index (χ2v) is 15.6. The summed E-state index contributed by atoms with van der Waals surface area (Å²) in [5, 5.41) is 2.37. The standard InChI is InChI=1S/C14H23P.C12H9N.CH4O3S.Pd/c1-13(2,3)15(14(4,5)6)12-10-8-7-9-11-12;13-12-9-5-4-8-11(12)10-6-2-1-3-7-10;1-5(2,3)4;/h7-11H,1-6H3;1-6,8-9,13H;1H3,(H,2,3,4);/q;-2;;+2/p+1. The van der Waals surface area contributed by atoms with E-state index in [4.69, 9.17) is 10.3 Å². The van der Waals surface area contributed by atoms with Gasteiger partial charge in [0, 0.05) is 7.92 Å². The summed E-state index contributed by atoms with van der Waals surface area (Å²) < 4.78 is 25.9. The number of benzene rings is 3. The van der Waals surface area contributed by atoms with Crippen molar-refractivity contribution in [2.24, 2.45) is 0 Å². The molecule has 0 saturated carbocycles. The van der Waals surface area contributed by atoms with Crippen molar-refractivity contribution in [1.82, 2.24) is 0 Å². The quantitative estimate of drug-likeness (QED) is 0.145. The zero-order valence-electron chi connectivity index (χ0n) is 21.0. The molecule has 0 aromatic heterocycles. The molecule has 188 valence electrons. The van der Waals surface area contributed by atoms with E-state index in [0.29, 0.717) is 22.3 Å². The Kier molecular flexibility index (Phi) is 13.5. The van der Waals surface area contributed by atoms with E-state index in [0.717, 1.165) is 11.1 Å². The van der Waals surface area contributed by atoms with Gasteiger partial charge in [-0.2, -0.15) is 14.1 Å². The monoisotopic (exact) mass is 592 g/mol. The number of rotatable bonds is 2. The third-order valence-corrected chi connectivity index (χ3v) is 8.40. The van der Waals surface area contributed by atoms with E-state index in [1.165, 1.54) is 0 Å². The molecule has 0 saturated heterocycles. The Bertz CT molecular complexity index is 1060. The molecule has 3 aromatic rings. The third kappa shape index (κ3) is 12.8. The minimum absolute atomic E-state index is 0. The predicted octanol–water partition coefficient (Wildman–Crippen LogP) is 7.46. The minimum atomic E-state index is -3.67. The smallest absolute Gasteiger partial charge is 0.706 e. The molecule has 34 heavy (non-hydrogen) atoms. The van der Waals surface area contributed by atoms with E-state index < -0.39 is 18.0 Å². The van der Waals surface area contributed by atoms with Gasteiger partial charge in [0.1, 0.15) is 0 Å². The summed E-state index contributed by atoms with van der Waals surface area (Å²) in [5.74, 6) is 0. The van der Waals surface area contributed by atoms with Gasteiger partial charge in [-0.1, -0.05) is 42.5 Å². The summed E-state index contributed by atoms with van der Waals surface area (Å²) in [7, 11) is -4.22. The summed E-state index contributed by atoms with van der Waals surface area (Å²) in [6.45, 7) is 14.2. The normalized spacial score (nSPS) is 11.3. The molecule has 0 radical (unpaired) electrons. The molecule has 0 aliphatic heterocycles. The first-order valence-electron chi connectivity index (χ1n) is 10.7. The molecule has 0 bridgehead atoms. The zero-order valence-corrected chi connectivity index (χ0v) is 24.4. The van der Waals surface area contributed by atoms with Gasteiger partial charge in [0.2, 0.25) is 0 Å². The Morgan fingerprint density at radius 1 is 0.794 bits per heavy atom. The van der Waals surface area contributed by atoms with E-state index in [2.05, 4.69) is 77.9 Å². The van der Waals surface area contributed by atoms with Crippen LogP contribution in [0.3, 0.4) is 0 Å². The van der Waals surface area contributed by atoms with Crippen molar-refractivity contribution in [3.8, 4) is 11.1 Å². The summed E-state index contributed by atoms with van der Waals surface area (Å²) in [6, 6.07) is 29.4. The average Bonchev–Trinajstić information content (AvgIpc) is 2.67.